The van der Waals surface area contributed by atoms with Gasteiger partial charge in [-0.05, 0) is 19.9 Å². The van der Waals surface area contributed by atoms with Crippen LogP contribution in [0.1, 0.15) is 28.6 Å². The number of carbonyl (C=O) groups excluding carboxylic acids is 1. The Morgan fingerprint density at radius 3 is 2.84 bits per heavy atom. The van der Waals surface area contributed by atoms with E-state index in [0.29, 0.717) is 6.54 Å². The van der Waals surface area contributed by atoms with Crippen molar-refractivity contribution in [1.29, 1.82) is 0 Å². The number of nitrogens with one attached hydrogen (secondary N) is 1. The summed E-state index contributed by atoms with van der Waals surface area (Å²) in [5.41, 5.74) is 4.36. The molecule has 25 heavy (non-hydrogen) atoms. The Labute approximate surface area is 147 Å². The molecule has 8 heteroatoms. The number of aromatic nitrogens is 4. The molecule has 136 valence electrons. The third-order valence-electron chi connectivity index (χ3n) is 4.75. The van der Waals surface area contributed by atoms with Gasteiger partial charge in [-0.25, -0.2) is 4.98 Å². The van der Waals surface area contributed by atoms with E-state index in [9.17, 15) is 4.79 Å². The zero-order valence-corrected chi connectivity index (χ0v) is 15.4. The molecule has 0 bridgehead atoms. The number of carbonyl (C=O) groups is 1. The smallest absolute Gasteiger partial charge is 0.246 e. The van der Waals surface area contributed by atoms with Gasteiger partial charge in [0.25, 0.3) is 0 Å². The van der Waals surface area contributed by atoms with E-state index >= 15 is 0 Å². The van der Waals surface area contributed by atoms with Gasteiger partial charge in [-0.2, -0.15) is 5.10 Å². The van der Waals surface area contributed by atoms with Crippen molar-refractivity contribution >= 4 is 5.91 Å². The van der Waals surface area contributed by atoms with Gasteiger partial charge >= 0.3 is 0 Å². The first-order valence-electron chi connectivity index (χ1n) is 8.50. The summed E-state index contributed by atoms with van der Waals surface area (Å²) < 4.78 is 9.01. The van der Waals surface area contributed by atoms with Crippen molar-refractivity contribution < 1.29 is 9.53 Å². The molecular formula is C17H26N6O2. The van der Waals surface area contributed by atoms with Gasteiger partial charge in [0, 0.05) is 32.9 Å². The van der Waals surface area contributed by atoms with Crippen molar-refractivity contribution in [3.8, 4) is 0 Å². The van der Waals surface area contributed by atoms with Crippen molar-refractivity contribution in [2.75, 3.05) is 20.3 Å². The lowest BCUT2D eigenvalue weighted by Gasteiger charge is -2.27. The molecule has 8 nitrogen and oxygen atoms in total. The van der Waals surface area contributed by atoms with E-state index in [1.807, 2.05) is 11.6 Å². The van der Waals surface area contributed by atoms with E-state index in [-0.39, 0.29) is 12.5 Å². The predicted octanol–water partition coefficient (Wildman–Crippen LogP) is 0.512. The first kappa shape index (κ1) is 17.6. The highest BCUT2D eigenvalue weighted by atomic mass is 16.5. The molecule has 0 saturated heterocycles. The standard InChI is InChI=1S/C17H26N6O2/c1-12-13(2)21(3)16(19-12)10-22-5-6-23-15(9-22)7-14(20-23)8-18-17(24)11-25-4/h7H,5-6,8-11H2,1-4H3,(H,18,24). The summed E-state index contributed by atoms with van der Waals surface area (Å²) in [4.78, 5) is 18.5. The van der Waals surface area contributed by atoms with E-state index in [0.717, 1.165) is 43.4 Å². The predicted molar refractivity (Wildman–Crippen MR) is 92.7 cm³/mol. The van der Waals surface area contributed by atoms with Crippen LogP contribution in [0.4, 0.5) is 0 Å². The third kappa shape index (κ3) is 3.91. The van der Waals surface area contributed by atoms with Crippen molar-refractivity contribution in [3.63, 3.8) is 0 Å². The monoisotopic (exact) mass is 346 g/mol. The highest BCUT2D eigenvalue weighted by Crippen LogP contribution is 2.17. The summed E-state index contributed by atoms with van der Waals surface area (Å²) in [6.07, 6.45) is 0. The summed E-state index contributed by atoms with van der Waals surface area (Å²) in [6.45, 7) is 8.11. The van der Waals surface area contributed by atoms with Crippen LogP contribution in [0, 0.1) is 13.8 Å². The second kappa shape index (κ2) is 7.37. The Morgan fingerprint density at radius 2 is 2.16 bits per heavy atom. The zero-order valence-electron chi connectivity index (χ0n) is 15.4. The van der Waals surface area contributed by atoms with Crippen molar-refractivity contribution in [3.05, 3.63) is 34.7 Å². The van der Waals surface area contributed by atoms with Crippen LogP contribution in [0.15, 0.2) is 6.07 Å². The molecule has 0 spiro atoms. The fourth-order valence-electron chi connectivity index (χ4n) is 3.10. The maximum Gasteiger partial charge on any atom is 0.246 e. The van der Waals surface area contributed by atoms with E-state index in [1.165, 1.54) is 18.5 Å². The summed E-state index contributed by atoms with van der Waals surface area (Å²) in [5, 5.41) is 7.38. The van der Waals surface area contributed by atoms with Gasteiger partial charge in [-0.15, -0.1) is 0 Å². The van der Waals surface area contributed by atoms with Crippen LogP contribution in [0.3, 0.4) is 0 Å². The van der Waals surface area contributed by atoms with Gasteiger partial charge in [0.2, 0.25) is 5.91 Å². The van der Waals surface area contributed by atoms with E-state index < -0.39 is 0 Å². The molecule has 2 aromatic rings. The molecule has 1 aliphatic rings. The number of ether oxygens (including phenoxy) is 1. The van der Waals surface area contributed by atoms with Crippen molar-refractivity contribution in [2.45, 2.75) is 40.0 Å². The Morgan fingerprint density at radius 1 is 1.36 bits per heavy atom. The van der Waals surface area contributed by atoms with Gasteiger partial charge < -0.3 is 14.6 Å². The lowest BCUT2D eigenvalue weighted by atomic mass is 10.2. The molecule has 0 atom stereocenters. The molecule has 1 amide bonds. The van der Waals surface area contributed by atoms with E-state index in [4.69, 9.17) is 4.74 Å². The number of aryl methyl sites for hydroxylation is 1. The maximum atomic E-state index is 11.5. The molecular weight excluding hydrogens is 320 g/mol. The minimum atomic E-state index is -0.129. The summed E-state index contributed by atoms with van der Waals surface area (Å²) in [5.74, 6) is 0.964. The minimum absolute atomic E-state index is 0.0733. The molecule has 0 aromatic carbocycles. The lowest BCUT2D eigenvalue weighted by molar-refractivity contribution is -0.124. The molecule has 1 N–H and O–H groups in total. The summed E-state index contributed by atoms with van der Waals surface area (Å²) >= 11 is 0. The lowest BCUT2D eigenvalue weighted by Crippen LogP contribution is -2.34. The molecule has 0 radical (unpaired) electrons. The minimum Gasteiger partial charge on any atom is -0.375 e. The highest BCUT2D eigenvalue weighted by molar-refractivity contribution is 5.77. The van der Waals surface area contributed by atoms with Crippen LogP contribution in [-0.4, -0.2) is 50.4 Å². The maximum absolute atomic E-state index is 11.5. The molecule has 0 aliphatic carbocycles. The van der Waals surface area contributed by atoms with E-state index in [1.54, 1.807) is 0 Å². The van der Waals surface area contributed by atoms with Crippen LogP contribution >= 0.6 is 0 Å². The Hall–Kier alpha value is -2.19. The SMILES string of the molecule is COCC(=O)NCc1cc2n(n1)CCN(Cc1nc(C)c(C)n1C)C2. The van der Waals surface area contributed by atoms with Crippen LogP contribution in [0.5, 0.6) is 0 Å². The molecule has 0 fully saturated rings. The Bertz CT molecular complexity index is 764. The number of imidazole rings is 1. The highest BCUT2D eigenvalue weighted by Gasteiger charge is 2.20. The van der Waals surface area contributed by atoms with Crippen LogP contribution in [-0.2, 0) is 42.8 Å². The molecule has 3 rings (SSSR count). The number of nitrogens with zero attached hydrogens (tertiary/aromatic N) is 5. The normalized spacial score (nSPS) is 14.6. The van der Waals surface area contributed by atoms with Crippen LogP contribution < -0.4 is 5.32 Å². The van der Waals surface area contributed by atoms with E-state index in [2.05, 4.69) is 44.9 Å². The number of hydrogen-bond acceptors (Lipinski definition) is 5. The third-order valence-corrected chi connectivity index (χ3v) is 4.75. The number of hydrogen-bond donors (Lipinski definition) is 1. The van der Waals surface area contributed by atoms with Crippen LogP contribution in [0.25, 0.3) is 0 Å². The van der Waals surface area contributed by atoms with Gasteiger partial charge in [0.1, 0.15) is 12.4 Å². The fourth-order valence-corrected chi connectivity index (χ4v) is 3.10. The van der Waals surface area contributed by atoms with Crippen molar-refractivity contribution in [1.82, 2.24) is 29.5 Å². The number of fused-ring (bicyclic) bond motifs is 1. The zero-order chi connectivity index (χ0) is 18.0. The first-order valence-corrected chi connectivity index (χ1v) is 8.50. The quantitative estimate of drug-likeness (QED) is 0.825. The van der Waals surface area contributed by atoms with Gasteiger partial charge in [0.05, 0.1) is 36.7 Å². The Kier molecular flexibility index (Phi) is 5.19. The molecule has 3 heterocycles. The second-order valence-corrected chi connectivity index (χ2v) is 6.53. The average Bonchev–Trinajstić information content (AvgIpc) is 3.09. The average molecular weight is 346 g/mol. The summed E-state index contributed by atoms with van der Waals surface area (Å²) in [7, 11) is 3.58. The largest absolute Gasteiger partial charge is 0.375 e. The molecule has 2 aromatic heterocycles. The molecule has 0 saturated carbocycles. The topological polar surface area (TPSA) is 77.2 Å². The summed E-state index contributed by atoms with van der Waals surface area (Å²) in [6, 6.07) is 2.06. The fraction of sp³-hybridized carbons (Fsp3) is 0.588. The van der Waals surface area contributed by atoms with Gasteiger partial charge in [-0.3, -0.25) is 14.4 Å². The van der Waals surface area contributed by atoms with Gasteiger partial charge in [0.15, 0.2) is 0 Å². The number of methoxy groups -OCH3 is 1. The molecule has 0 unspecified atom stereocenters. The number of amides is 1. The second-order valence-electron chi connectivity index (χ2n) is 6.53. The Balaban J connectivity index is 1.61. The number of rotatable bonds is 6. The van der Waals surface area contributed by atoms with Crippen LogP contribution in [0.2, 0.25) is 0 Å². The first-order chi connectivity index (χ1) is 12.0. The molecule has 1 aliphatic heterocycles. The van der Waals surface area contributed by atoms with Gasteiger partial charge in [-0.1, -0.05) is 0 Å². The van der Waals surface area contributed by atoms with Crippen molar-refractivity contribution in [2.24, 2.45) is 7.05 Å².